The van der Waals surface area contributed by atoms with Crippen LogP contribution in [0.4, 0.5) is 5.69 Å². The van der Waals surface area contributed by atoms with E-state index in [-0.39, 0.29) is 17.4 Å². The van der Waals surface area contributed by atoms with Crippen LogP contribution in [0.2, 0.25) is 0 Å². The number of aryl methyl sites for hydroxylation is 1. The minimum atomic E-state index is -0.312. The molecule has 1 fully saturated rings. The molecule has 110 valence electrons. The maximum Gasteiger partial charge on any atom is 0.230 e. The van der Waals surface area contributed by atoms with E-state index in [0.717, 1.165) is 42.7 Å². The zero-order chi connectivity index (χ0) is 14.8. The minimum Gasteiger partial charge on any atom is -0.496 e. The van der Waals surface area contributed by atoms with Gasteiger partial charge in [-0.05, 0) is 44.2 Å². The van der Waals surface area contributed by atoms with E-state index in [1.54, 1.807) is 7.11 Å². The molecule has 0 saturated heterocycles. The highest BCUT2D eigenvalue weighted by Crippen LogP contribution is 2.36. The number of hydrogen-bond acceptors (Lipinski definition) is 3. The lowest BCUT2D eigenvalue weighted by molar-refractivity contribution is -0.126. The van der Waals surface area contributed by atoms with Crippen LogP contribution in [0.5, 0.6) is 5.75 Å². The predicted octanol–water partition coefficient (Wildman–Crippen LogP) is 2.85. The summed E-state index contributed by atoms with van der Waals surface area (Å²) in [5, 5.41) is 3.01. The Hall–Kier alpha value is -1.55. The Morgan fingerprint density at radius 2 is 2.05 bits per heavy atom. The van der Waals surface area contributed by atoms with E-state index >= 15 is 0 Å². The highest BCUT2D eigenvalue weighted by atomic mass is 16.5. The molecule has 0 heterocycles. The summed E-state index contributed by atoms with van der Waals surface area (Å²) in [5.74, 6) is 0.869. The fourth-order valence-electron chi connectivity index (χ4n) is 2.68. The van der Waals surface area contributed by atoms with Gasteiger partial charge in [-0.15, -0.1) is 0 Å². The van der Waals surface area contributed by atoms with Gasteiger partial charge in [-0.3, -0.25) is 4.79 Å². The van der Waals surface area contributed by atoms with Crippen molar-refractivity contribution in [3.05, 3.63) is 23.8 Å². The zero-order valence-corrected chi connectivity index (χ0v) is 12.5. The Morgan fingerprint density at radius 1 is 1.40 bits per heavy atom. The second-order valence-electron chi connectivity index (χ2n) is 6.04. The average molecular weight is 276 g/mol. The van der Waals surface area contributed by atoms with E-state index in [9.17, 15) is 4.79 Å². The number of hydrogen-bond donors (Lipinski definition) is 2. The highest BCUT2D eigenvalue weighted by molar-refractivity contribution is 5.95. The SMILES string of the molecule is COc1cc(NC(=O)C2(C)CCC(N)CC2)ccc1C. The first-order valence-corrected chi connectivity index (χ1v) is 7.16. The van der Waals surface area contributed by atoms with Crippen LogP contribution in [-0.2, 0) is 4.79 Å². The fraction of sp³-hybridized carbons (Fsp3) is 0.562. The molecule has 0 aromatic heterocycles. The van der Waals surface area contributed by atoms with Crippen molar-refractivity contribution in [3.63, 3.8) is 0 Å². The van der Waals surface area contributed by atoms with Crippen molar-refractivity contribution < 1.29 is 9.53 Å². The van der Waals surface area contributed by atoms with Gasteiger partial charge in [0.1, 0.15) is 5.75 Å². The summed E-state index contributed by atoms with van der Waals surface area (Å²) in [4.78, 5) is 12.5. The number of amides is 1. The average Bonchev–Trinajstić information content (AvgIpc) is 2.44. The first-order chi connectivity index (χ1) is 9.44. The molecular formula is C16H24N2O2. The first kappa shape index (κ1) is 14.9. The molecule has 2 rings (SSSR count). The number of benzene rings is 1. The summed E-state index contributed by atoms with van der Waals surface area (Å²) in [7, 11) is 1.64. The van der Waals surface area contributed by atoms with Gasteiger partial charge in [-0.25, -0.2) is 0 Å². The third kappa shape index (κ3) is 3.12. The summed E-state index contributed by atoms with van der Waals surface area (Å²) < 4.78 is 5.28. The van der Waals surface area contributed by atoms with Gasteiger partial charge in [0.05, 0.1) is 7.11 Å². The Kier molecular flexibility index (Phi) is 4.33. The Bertz CT molecular complexity index is 491. The molecule has 1 aliphatic carbocycles. The number of methoxy groups -OCH3 is 1. The lowest BCUT2D eigenvalue weighted by atomic mass is 9.73. The number of anilines is 1. The molecule has 0 unspecified atom stereocenters. The molecule has 0 bridgehead atoms. The van der Waals surface area contributed by atoms with Gasteiger partial charge in [0.15, 0.2) is 0 Å². The summed E-state index contributed by atoms with van der Waals surface area (Å²) in [6.45, 7) is 4.01. The van der Waals surface area contributed by atoms with Crippen LogP contribution in [0.15, 0.2) is 18.2 Å². The van der Waals surface area contributed by atoms with E-state index < -0.39 is 0 Å². The maximum absolute atomic E-state index is 12.5. The first-order valence-electron chi connectivity index (χ1n) is 7.16. The number of nitrogens with two attached hydrogens (primary N) is 1. The van der Waals surface area contributed by atoms with Crippen molar-refractivity contribution in [2.45, 2.75) is 45.6 Å². The maximum atomic E-state index is 12.5. The van der Waals surface area contributed by atoms with Gasteiger partial charge < -0.3 is 15.8 Å². The quantitative estimate of drug-likeness (QED) is 0.892. The molecule has 1 amide bonds. The van der Waals surface area contributed by atoms with Crippen molar-refractivity contribution in [3.8, 4) is 5.75 Å². The van der Waals surface area contributed by atoms with Crippen molar-refractivity contribution in [1.29, 1.82) is 0 Å². The molecule has 3 N–H and O–H groups in total. The minimum absolute atomic E-state index is 0.0790. The van der Waals surface area contributed by atoms with Crippen molar-refractivity contribution in [1.82, 2.24) is 0 Å². The molecule has 4 nitrogen and oxygen atoms in total. The topological polar surface area (TPSA) is 64.3 Å². The monoisotopic (exact) mass is 276 g/mol. The molecular weight excluding hydrogens is 252 g/mol. The highest BCUT2D eigenvalue weighted by Gasteiger charge is 2.36. The molecule has 0 aliphatic heterocycles. The summed E-state index contributed by atoms with van der Waals surface area (Å²) in [5.41, 5.74) is 7.44. The van der Waals surface area contributed by atoms with Gasteiger partial charge in [-0.1, -0.05) is 13.0 Å². The summed E-state index contributed by atoms with van der Waals surface area (Å²) >= 11 is 0. The van der Waals surface area contributed by atoms with Crippen molar-refractivity contribution in [2.24, 2.45) is 11.1 Å². The number of ether oxygens (including phenoxy) is 1. The number of rotatable bonds is 3. The second kappa shape index (κ2) is 5.83. The number of nitrogens with one attached hydrogen (secondary N) is 1. The van der Waals surface area contributed by atoms with Gasteiger partial charge in [-0.2, -0.15) is 0 Å². The molecule has 0 spiro atoms. The Labute approximate surface area is 120 Å². The van der Waals surface area contributed by atoms with Crippen LogP contribution in [-0.4, -0.2) is 19.1 Å². The summed E-state index contributed by atoms with van der Waals surface area (Å²) in [6.07, 6.45) is 3.54. The number of carbonyl (C=O) groups is 1. The van der Waals surface area contributed by atoms with E-state index in [1.807, 2.05) is 32.0 Å². The molecule has 4 heteroatoms. The van der Waals surface area contributed by atoms with E-state index in [0.29, 0.717) is 0 Å². The lowest BCUT2D eigenvalue weighted by Crippen LogP contribution is -2.40. The fourth-order valence-corrected chi connectivity index (χ4v) is 2.68. The van der Waals surface area contributed by atoms with Gasteiger partial charge in [0.25, 0.3) is 0 Å². The van der Waals surface area contributed by atoms with Gasteiger partial charge >= 0.3 is 0 Å². The Morgan fingerprint density at radius 3 is 2.65 bits per heavy atom. The lowest BCUT2D eigenvalue weighted by Gasteiger charge is -2.34. The van der Waals surface area contributed by atoms with Crippen LogP contribution in [0, 0.1) is 12.3 Å². The molecule has 1 aromatic carbocycles. The van der Waals surface area contributed by atoms with Crippen molar-refractivity contribution >= 4 is 11.6 Å². The Balaban J connectivity index is 2.07. The van der Waals surface area contributed by atoms with Gasteiger partial charge in [0, 0.05) is 23.2 Å². The van der Waals surface area contributed by atoms with Crippen LogP contribution >= 0.6 is 0 Å². The third-order valence-corrected chi connectivity index (χ3v) is 4.35. The standard InChI is InChI=1S/C16H24N2O2/c1-11-4-5-13(10-14(11)20-3)18-15(19)16(2)8-6-12(17)7-9-16/h4-5,10,12H,6-9,17H2,1-3H3,(H,18,19). The predicted molar refractivity (Wildman–Crippen MR) is 80.9 cm³/mol. The van der Waals surface area contributed by atoms with Crippen LogP contribution in [0.3, 0.4) is 0 Å². The van der Waals surface area contributed by atoms with E-state index in [1.165, 1.54) is 0 Å². The molecule has 0 radical (unpaired) electrons. The van der Waals surface area contributed by atoms with Crippen molar-refractivity contribution in [2.75, 3.05) is 12.4 Å². The molecule has 20 heavy (non-hydrogen) atoms. The smallest absolute Gasteiger partial charge is 0.230 e. The largest absolute Gasteiger partial charge is 0.496 e. The second-order valence-corrected chi connectivity index (χ2v) is 6.04. The van der Waals surface area contributed by atoms with E-state index in [2.05, 4.69) is 5.32 Å². The number of carbonyl (C=O) groups excluding carboxylic acids is 1. The van der Waals surface area contributed by atoms with E-state index in [4.69, 9.17) is 10.5 Å². The normalized spacial score (nSPS) is 26.1. The van der Waals surface area contributed by atoms with Crippen LogP contribution < -0.4 is 15.8 Å². The summed E-state index contributed by atoms with van der Waals surface area (Å²) in [6, 6.07) is 5.97. The zero-order valence-electron chi connectivity index (χ0n) is 12.5. The molecule has 1 aromatic rings. The van der Waals surface area contributed by atoms with Crippen LogP contribution in [0.1, 0.15) is 38.2 Å². The molecule has 1 aliphatic rings. The molecule has 0 atom stereocenters. The molecule has 1 saturated carbocycles. The van der Waals surface area contributed by atoms with Crippen LogP contribution in [0.25, 0.3) is 0 Å². The third-order valence-electron chi connectivity index (χ3n) is 4.35. The van der Waals surface area contributed by atoms with Gasteiger partial charge in [0.2, 0.25) is 5.91 Å².